The fraction of sp³-hybridized carbons (Fsp3) is 1.00. The lowest BCUT2D eigenvalue weighted by Crippen LogP contribution is -2.59. The van der Waals surface area contributed by atoms with Crippen molar-refractivity contribution in [3.8, 4) is 0 Å². The Balaban J connectivity index is 4.28. The molecule has 0 fully saturated rings. The van der Waals surface area contributed by atoms with E-state index in [0.717, 1.165) is 32.7 Å². The van der Waals surface area contributed by atoms with Crippen molar-refractivity contribution >= 4 is 0 Å². The van der Waals surface area contributed by atoms with E-state index < -0.39 is 0 Å². The van der Waals surface area contributed by atoms with Crippen molar-refractivity contribution in [3.63, 3.8) is 0 Å². The average Bonchev–Trinajstić information content (AvgIpc) is 2.15. The van der Waals surface area contributed by atoms with E-state index in [1.165, 1.54) is 0 Å². The molecule has 2 N–H and O–H groups in total. The van der Waals surface area contributed by atoms with E-state index in [4.69, 9.17) is 5.73 Å². The van der Waals surface area contributed by atoms with E-state index in [-0.39, 0.29) is 5.66 Å². The first-order valence-corrected chi connectivity index (χ1v) is 5.78. The van der Waals surface area contributed by atoms with Crippen LogP contribution in [-0.4, -0.2) is 48.2 Å². The standard InChI is InChI=1S/C11H27N3/c1-6-13(7-2)10-11(5,12)14(8-3)9-4/h6-10,12H2,1-5H3. The summed E-state index contributed by atoms with van der Waals surface area (Å²) in [5, 5.41) is 0. The van der Waals surface area contributed by atoms with Crippen LogP contribution in [0.1, 0.15) is 34.6 Å². The molecule has 0 aliphatic carbocycles. The highest BCUT2D eigenvalue weighted by atomic mass is 15.3. The first-order chi connectivity index (χ1) is 6.51. The molecule has 0 saturated carbocycles. The van der Waals surface area contributed by atoms with E-state index in [1.54, 1.807) is 0 Å². The van der Waals surface area contributed by atoms with Gasteiger partial charge in [-0.3, -0.25) is 4.90 Å². The number of nitrogens with two attached hydrogens (primary N) is 1. The summed E-state index contributed by atoms with van der Waals surface area (Å²) in [4.78, 5) is 4.68. The molecule has 86 valence electrons. The first-order valence-electron chi connectivity index (χ1n) is 5.78. The van der Waals surface area contributed by atoms with Crippen LogP contribution in [0.15, 0.2) is 0 Å². The molecule has 0 aliphatic heterocycles. The molecule has 0 amide bonds. The van der Waals surface area contributed by atoms with Gasteiger partial charge >= 0.3 is 0 Å². The van der Waals surface area contributed by atoms with Crippen LogP contribution >= 0.6 is 0 Å². The Hall–Kier alpha value is -0.120. The Bertz CT molecular complexity index is 137. The second kappa shape index (κ2) is 6.38. The lowest BCUT2D eigenvalue weighted by Gasteiger charge is -2.40. The van der Waals surface area contributed by atoms with Crippen molar-refractivity contribution in [1.29, 1.82) is 0 Å². The molecular formula is C11H27N3. The van der Waals surface area contributed by atoms with Crippen LogP contribution in [-0.2, 0) is 0 Å². The Morgan fingerprint density at radius 1 is 0.929 bits per heavy atom. The zero-order chi connectivity index (χ0) is 11.2. The van der Waals surface area contributed by atoms with Crippen LogP contribution in [0.25, 0.3) is 0 Å². The van der Waals surface area contributed by atoms with Gasteiger partial charge < -0.3 is 10.6 Å². The highest BCUT2D eigenvalue weighted by Crippen LogP contribution is 2.09. The summed E-state index contributed by atoms with van der Waals surface area (Å²) in [5.74, 6) is 0. The maximum atomic E-state index is 6.32. The summed E-state index contributed by atoms with van der Waals surface area (Å²) < 4.78 is 0. The Labute approximate surface area is 89.2 Å². The monoisotopic (exact) mass is 201 g/mol. The molecule has 0 aromatic heterocycles. The number of rotatable bonds is 7. The van der Waals surface area contributed by atoms with Crippen molar-refractivity contribution in [3.05, 3.63) is 0 Å². The fourth-order valence-corrected chi connectivity index (χ4v) is 1.95. The molecule has 14 heavy (non-hydrogen) atoms. The summed E-state index contributed by atoms with van der Waals surface area (Å²) in [6.07, 6.45) is 0. The largest absolute Gasteiger partial charge is 0.312 e. The molecule has 3 heteroatoms. The third-order valence-corrected chi connectivity index (χ3v) is 2.92. The SMILES string of the molecule is CCN(CC)CC(C)(N)N(CC)CC. The number of likely N-dealkylation sites (N-methyl/N-ethyl adjacent to an activating group) is 2. The zero-order valence-electron chi connectivity index (χ0n) is 10.5. The summed E-state index contributed by atoms with van der Waals surface area (Å²) in [5.41, 5.74) is 6.12. The molecule has 1 unspecified atom stereocenters. The van der Waals surface area contributed by atoms with Crippen molar-refractivity contribution in [2.45, 2.75) is 40.3 Å². The molecule has 1 atom stereocenters. The number of nitrogens with zero attached hydrogens (tertiary/aromatic N) is 2. The lowest BCUT2D eigenvalue weighted by molar-refractivity contribution is 0.0774. The first kappa shape index (κ1) is 13.9. The summed E-state index contributed by atoms with van der Waals surface area (Å²) in [6.45, 7) is 15.9. The van der Waals surface area contributed by atoms with Gasteiger partial charge in [-0.1, -0.05) is 27.7 Å². The van der Waals surface area contributed by atoms with Crippen molar-refractivity contribution in [2.75, 3.05) is 32.7 Å². The summed E-state index contributed by atoms with van der Waals surface area (Å²) in [7, 11) is 0. The van der Waals surface area contributed by atoms with Crippen molar-refractivity contribution < 1.29 is 0 Å². The van der Waals surface area contributed by atoms with Gasteiger partial charge in [0.1, 0.15) is 0 Å². The quantitative estimate of drug-likeness (QED) is 0.631. The number of hydrogen-bond acceptors (Lipinski definition) is 3. The predicted molar refractivity (Wildman–Crippen MR) is 63.3 cm³/mol. The highest BCUT2D eigenvalue weighted by molar-refractivity contribution is 4.82. The van der Waals surface area contributed by atoms with Gasteiger partial charge in [-0.15, -0.1) is 0 Å². The third kappa shape index (κ3) is 3.95. The third-order valence-electron chi connectivity index (χ3n) is 2.92. The molecule has 0 aromatic rings. The van der Waals surface area contributed by atoms with Crippen LogP contribution in [0.5, 0.6) is 0 Å². The van der Waals surface area contributed by atoms with Gasteiger partial charge in [0.05, 0.1) is 5.66 Å². The Morgan fingerprint density at radius 2 is 1.36 bits per heavy atom. The van der Waals surface area contributed by atoms with Crippen LogP contribution < -0.4 is 5.73 Å². The van der Waals surface area contributed by atoms with Gasteiger partial charge in [0.15, 0.2) is 0 Å². The van der Waals surface area contributed by atoms with Crippen LogP contribution in [0.3, 0.4) is 0 Å². The fourth-order valence-electron chi connectivity index (χ4n) is 1.95. The number of hydrogen-bond donors (Lipinski definition) is 1. The maximum absolute atomic E-state index is 6.32. The van der Waals surface area contributed by atoms with E-state index in [9.17, 15) is 0 Å². The van der Waals surface area contributed by atoms with Crippen molar-refractivity contribution in [1.82, 2.24) is 9.80 Å². The second-order valence-electron chi connectivity index (χ2n) is 3.99. The normalized spacial score (nSPS) is 16.3. The zero-order valence-corrected chi connectivity index (χ0v) is 10.5. The summed E-state index contributed by atoms with van der Waals surface area (Å²) >= 11 is 0. The van der Waals surface area contributed by atoms with Crippen LogP contribution in [0, 0.1) is 0 Å². The van der Waals surface area contributed by atoms with Gasteiger partial charge in [0, 0.05) is 6.54 Å². The molecule has 0 heterocycles. The maximum Gasteiger partial charge on any atom is 0.0788 e. The van der Waals surface area contributed by atoms with Gasteiger partial charge in [-0.25, -0.2) is 0 Å². The lowest BCUT2D eigenvalue weighted by atomic mass is 10.1. The molecular weight excluding hydrogens is 174 g/mol. The smallest absolute Gasteiger partial charge is 0.0788 e. The van der Waals surface area contributed by atoms with Gasteiger partial charge in [-0.05, 0) is 33.1 Å². The topological polar surface area (TPSA) is 32.5 Å². The van der Waals surface area contributed by atoms with Crippen LogP contribution in [0.2, 0.25) is 0 Å². The van der Waals surface area contributed by atoms with Gasteiger partial charge in [0.25, 0.3) is 0 Å². The average molecular weight is 201 g/mol. The Morgan fingerprint density at radius 3 is 1.64 bits per heavy atom. The Kier molecular flexibility index (Phi) is 6.33. The molecule has 0 saturated heterocycles. The minimum Gasteiger partial charge on any atom is -0.312 e. The van der Waals surface area contributed by atoms with E-state index in [1.807, 2.05) is 0 Å². The minimum absolute atomic E-state index is 0.199. The highest BCUT2D eigenvalue weighted by Gasteiger charge is 2.26. The molecule has 3 nitrogen and oxygen atoms in total. The predicted octanol–water partition coefficient (Wildman–Crippen LogP) is 1.34. The van der Waals surface area contributed by atoms with Crippen LogP contribution in [0.4, 0.5) is 0 Å². The van der Waals surface area contributed by atoms with E-state index in [2.05, 4.69) is 44.4 Å². The van der Waals surface area contributed by atoms with E-state index >= 15 is 0 Å². The second-order valence-corrected chi connectivity index (χ2v) is 3.99. The minimum atomic E-state index is -0.199. The molecule has 0 spiro atoms. The molecule has 0 rings (SSSR count). The van der Waals surface area contributed by atoms with Gasteiger partial charge in [-0.2, -0.15) is 0 Å². The molecule has 0 aromatic carbocycles. The molecule has 0 bridgehead atoms. The van der Waals surface area contributed by atoms with Crippen molar-refractivity contribution in [2.24, 2.45) is 5.73 Å². The molecule has 0 radical (unpaired) electrons. The summed E-state index contributed by atoms with van der Waals surface area (Å²) in [6, 6.07) is 0. The van der Waals surface area contributed by atoms with Gasteiger partial charge in [0.2, 0.25) is 0 Å². The molecule has 0 aliphatic rings. The van der Waals surface area contributed by atoms with E-state index in [0.29, 0.717) is 0 Å².